The SMILES string of the molecule is c1coc([C@H](C2CCC2)N2CCNCC2)c1. The molecule has 1 atom stereocenters. The molecular weight excluding hydrogens is 200 g/mol. The number of hydrogen-bond donors (Lipinski definition) is 1. The molecular formula is C13H20N2O. The zero-order valence-electron chi connectivity index (χ0n) is 9.69. The van der Waals surface area contributed by atoms with Crippen LogP contribution in [0.15, 0.2) is 22.8 Å². The van der Waals surface area contributed by atoms with Gasteiger partial charge in [0.15, 0.2) is 0 Å². The number of piperazine rings is 1. The van der Waals surface area contributed by atoms with Gasteiger partial charge in [0.25, 0.3) is 0 Å². The van der Waals surface area contributed by atoms with E-state index in [2.05, 4.69) is 16.3 Å². The fourth-order valence-corrected chi connectivity index (χ4v) is 2.89. The summed E-state index contributed by atoms with van der Waals surface area (Å²) in [6.45, 7) is 4.54. The Bertz CT molecular complexity index is 313. The van der Waals surface area contributed by atoms with Crippen LogP contribution < -0.4 is 5.32 Å². The number of furan rings is 1. The molecule has 88 valence electrons. The lowest BCUT2D eigenvalue weighted by atomic mass is 9.78. The van der Waals surface area contributed by atoms with Crippen molar-refractivity contribution in [1.29, 1.82) is 0 Å². The molecule has 1 aliphatic heterocycles. The third kappa shape index (κ3) is 1.89. The molecule has 3 nitrogen and oxygen atoms in total. The predicted molar refractivity (Wildman–Crippen MR) is 63.2 cm³/mol. The van der Waals surface area contributed by atoms with E-state index in [0.29, 0.717) is 6.04 Å². The molecule has 1 saturated carbocycles. The van der Waals surface area contributed by atoms with Gasteiger partial charge in [-0.05, 0) is 30.9 Å². The minimum absolute atomic E-state index is 0.533. The highest BCUT2D eigenvalue weighted by molar-refractivity contribution is 5.08. The zero-order chi connectivity index (χ0) is 10.8. The summed E-state index contributed by atoms with van der Waals surface area (Å²) in [5.74, 6) is 2.00. The molecule has 1 saturated heterocycles. The Balaban J connectivity index is 1.77. The van der Waals surface area contributed by atoms with Crippen molar-refractivity contribution >= 4 is 0 Å². The summed E-state index contributed by atoms with van der Waals surface area (Å²) in [6, 6.07) is 4.69. The maximum atomic E-state index is 5.64. The van der Waals surface area contributed by atoms with Crippen molar-refractivity contribution in [3.63, 3.8) is 0 Å². The number of hydrogen-bond acceptors (Lipinski definition) is 3. The van der Waals surface area contributed by atoms with Crippen molar-refractivity contribution in [2.24, 2.45) is 5.92 Å². The van der Waals surface area contributed by atoms with Crippen LogP contribution in [0.3, 0.4) is 0 Å². The van der Waals surface area contributed by atoms with Crippen LogP contribution in [0.25, 0.3) is 0 Å². The summed E-state index contributed by atoms with van der Waals surface area (Å²) in [5, 5.41) is 3.42. The van der Waals surface area contributed by atoms with Crippen LogP contribution in [0.4, 0.5) is 0 Å². The van der Waals surface area contributed by atoms with Gasteiger partial charge < -0.3 is 9.73 Å². The Morgan fingerprint density at radius 3 is 2.69 bits per heavy atom. The first kappa shape index (κ1) is 10.4. The van der Waals surface area contributed by atoms with Crippen molar-refractivity contribution in [1.82, 2.24) is 10.2 Å². The van der Waals surface area contributed by atoms with Gasteiger partial charge in [-0.15, -0.1) is 0 Å². The average molecular weight is 220 g/mol. The van der Waals surface area contributed by atoms with Crippen LogP contribution >= 0.6 is 0 Å². The van der Waals surface area contributed by atoms with Crippen molar-refractivity contribution in [2.45, 2.75) is 25.3 Å². The van der Waals surface area contributed by atoms with Crippen LogP contribution in [0, 0.1) is 5.92 Å². The maximum absolute atomic E-state index is 5.64. The molecule has 1 aromatic rings. The average Bonchev–Trinajstić information content (AvgIpc) is 2.77. The molecule has 16 heavy (non-hydrogen) atoms. The largest absolute Gasteiger partial charge is 0.468 e. The van der Waals surface area contributed by atoms with Gasteiger partial charge in [0.2, 0.25) is 0 Å². The van der Waals surface area contributed by atoms with Gasteiger partial charge in [-0.2, -0.15) is 0 Å². The second kappa shape index (κ2) is 4.60. The summed E-state index contributed by atoms with van der Waals surface area (Å²) in [6.07, 6.45) is 5.95. The van der Waals surface area contributed by atoms with Gasteiger partial charge in [0.1, 0.15) is 5.76 Å². The molecule has 0 amide bonds. The zero-order valence-corrected chi connectivity index (χ0v) is 9.69. The molecule has 1 N–H and O–H groups in total. The molecule has 1 aromatic heterocycles. The summed E-state index contributed by atoms with van der Waals surface area (Å²) in [5.41, 5.74) is 0. The lowest BCUT2D eigenvalue weighted by molar-refractivity contribution is 0.0685. The highest BCUT2D eigenvalue weighted by atomic mass is 16.3. The lowest BCUT2D eigenvalue weighted by Crippen LogP contribution is -2.47. The summed E-state index contributed by atoms with van der Waals surface area (Å²) >= 11 is 0. The van der Waals surface area contributed by atoms with Gasteiger partial charge in [0, 0.05) is 26.2 Å². The van der Waals surface area contributed by atoms with Crippen LogP contribution in [-0.2, 0) is 0 Å². The Hall–Kier alpha value is -0.800. The van der Waals surface area contributed by atoms with E-state index in [4.69, 9.17) is 4.42 Å². The van der Waals surface area contributed by atoms with Crippen LogP contribution in [0.2, 0.25) is 0 Å². The van der Waals surface area contributed by atoms with Crippen LogP contribution in [0.5, 0.6) is 0 Å². The summed E-state index contributed by atoms with van der Waals surface area (Å²) in [4.78, 5) is 2.60. The molecule has 0 spiro atoms. The van der Waals surface area contributed by atoms with E-state index >= 15 is 0 Å². The van der Waals surface area contributed by atoms with E-state index in [1.807, 2.05) is 12.3 Å². The minimum Gasteiger partial charge on any atom is -0.468 e. The molecule has 0 unspecified atom stereocenters. The lowest BCUT2D eigenvalue weighted by Gasteiger charge is -2.41. The number of rotatable bonds is 3. The summed E-state index contributed by atoms with van der Waals surface area (Å²) < 4.78 is 5.64. The van der Waals surface area contributed by atoms with E-state index in [-0.39, 0.29) is 0 Å². The molecule has 1 aliphatic carbocycles. The molecule has 2 heterocycles. The minimum atomic E-state index is 0.533. The standard InChI is InChI=1S/C13H20N2O/c1-3-11(4-1)13(12-5-2-10-16-12)15-8-6-14-7-9-15/h2,5,10-11,13-14H,1,3-4,6-9H2/t13-/m0/s1. The topological polar surface area (TPSA) is 28.4 Å². The van der Waals surface area contributed by atoms with Crippen molar-refractivity contribution in [3.8, 4) is 0 Å². The maximum Gasteiger partial charge on any atom is 0.121 e. The van der Waals surface area contributed by atoms with Crippen molar-refractivity contribution in [2.75, 3.05) is 26.2 Å². The van der Waals surface area contributed by atoms with Gasteiger partial charge in [-0.25, -0.2) is 0 Å². The monoisotopic (exact) mass is 220 g/mol. The highest BCUT2D eigenvalue weighted by Crippen LogP contribution is 2.41. The molecule has 3 rings (SSSR count). The van der Waals surface area contributed by atoms with E-state index in [9.17, 15) is 0 Å². The van der Waals surface area contributed by atoms with Crippen molar-refractivity contribution < 1.29 is 4.42 Å². The first-order chi connectivity index (χ1) is 7.95. The predicted octanol–water partition coefficient (Wildman–Crippen LogP) is 2.03. The van der Waals surface area contributed by atoms with Gasteiger partial charge >= 0.3 is 0 Å². The molecule has 0 radical (unpaired) electrons. The van der Waals surface area contributed by atoms with Crippen molar-refractivity contribution in [3.05, 3.63) is 24.2 Å². The van der Waals surface area contributed by atoms with Gasteiger partial charge in [-0.1, -0.05) is 6.42 Å². The molecule has 2 fully saturated rings. The smallest absolute Gasteiger partial charge is 0.121 e. The van der Waals surface area contributed by atoms with E-state index in [0.717, 1.165) is 32.1 Å². The van der Waals surface area contributed by atoms with Crippen LogP contribution in [0.1, 0.15) is 31.1 Å². The fourth-order valence-electron chi connectivity index (χ4n) is 2.89. The van der Waals surface area contributed by atoms with E-state index in [1.54, 1.807) is 0 Å². The Morgan fingerprint density at radius 2 is 2.12 bits per heavy atom. The van der Waals surface area contributed by atoms with Crippen LogP contribution in [-0.4, -0.2) is 31.1 Å². The van der Waals surface area contributed by atoms with E-state index < -0.39 is 0 Å². The second-order valence-electron chi connectivity index (χ2n) is 4.94. The fraction of sp³-hybridized carbons (Fsp3) is 0.692. The number of nitrogens with one attached hydrogen (secondary N) is 1. The highest BCUT2D eigenvalue weighted by Gasteiger charge is 2.34. The molecule has 0 aromatic carbocycles. The molecule has 3 heteroatoms. The quantitative estimate of drug-likeness (QED) is 0.845. The molecule has 0 bridgehead atoms. The Labute approximate surface area is 96.8 Å². The second-order valence-corrected chi connectivity index (χ2v) is 4.94. The number of nitrogens with zero attached hydrogens (tertiary/aromatic N) is 1. The third-order valence-electron chi connectivity index (χ3n) is 3.98. The van der Waals surface area contributed by atoms with Gasteiger partial charge in [0.05, 0.1) is 12.3 Å². The van der Waals surface area contributed by atoms with E-state index in [1.165, 1.54) is 25.0 Å². The third-order valence-corrected chi connectivity index (χ3v) is 3.98. The summed E-state index contributed by atoms with van der Waals surface area (Å²) in [7, 11) is 0. The first-order valence-electron chi connectivity index (χ1n) is 6.43. The Morgan fingerprint density at radius 1 is 1.31 bits per heavy atom. The van der Waals surface area contributed by atoms with Gasteiger partial charge in [-0.3, -0.25) is 4.90 Å². The molecule has 2 aliphatic rings. The normalized spacial score (nSPS) is 25.2. The first-order valence-corrected chi connectivity index (χ1v) is 6.43. The Kier molecular flexibility index (Phi) is 2.98.